The van der Waals surface area contributed by atoms with Crippen molar-refractivity contribution < 1.29 is 0 Å². The molecule has 7 aromatic carbocycles. The first-order valence-corrected chi connectivity index (χ1v) is 18.5. The maximum absolute atomic E-state index is 6.64. The molecule has 0 spiro atoms. The van der Waals surface area contributed by atoms with Gasteiger partial charge >= 0.3 is 0 Å². The largest absolute Gasteiger partial charge is 0.404 e. The van der Waals surface area contributed by atoms with E-state index in [4.69, 9.17) is 11.5 Å². The minimum Gasteiger partial charge on any atom is -0.404 e. The van der Waals surface area contributed by atoms with Crippen LogP contribution in [0.2, 0.25) is 0 Å². The molecule has 4 nitrogen and oxygen atoms in total. The van der Waals surface area contributed by atoms with E-state index in [2.05, 4.69) is 173 Å². The number of hydrogen-bond donors (Lipinski definition) is 2. The smallest absolute Gasteiger partial charge is 0.0543 e. The molecule has 0 unspecified atom stereocenters. The van der Waals surface area contributed by atoms with Gasteiger partial charge < -0.3 is 20.6 Å². The van der Waals surface area contributed by atoms with Crippen LogP contribution in [0.5, 0.6) is 0 Å². The van der Waals surface area contributed by atoms with E-state index >= 15 is 0 Å². The number of rotatable bonds is 6. The van der Waals surface area contributed by atoms with E-state index < -0.39 is 0 Å². The van der Waals surface area contributed by atoms with E-state index in [1.165, 1.54) is 65.9 Å². The molecule has 2 heterocycles. The van der Waals surface area contributed by atoms with Crippen LogP contribution in [-0.2, 0) is 6.42 Å². The third-order valence-corrected chi connectivity index (χ3v) is 11.1. The Morgan fingerprint density at radius 3 is 1.78 bits per heavy atom. The molecule has 0 atom stereocenters. The molecule has 1 aliphatic carbocycles. The Morgan fingerprint density at radius 1 is 0.537 bits per heavy atom. The molecule has 258 valence electrons. The highest BCUT2D eigenvalue weighted by Gasteiger charge is 2.26. The standard InChI is InChI=1S/C50H38N4/c1-2-12-41-40-19-11-13-35(49(40)44(31-51)50(41)52)27-32-21-24-39-43-30-34(23-26-47(43)54(48(39)28-32)37-16-7-4-8-17-37)33-22-25-46-42(29-33)38-18-9-10-20-45(38)53(46)36-14-5-3-6-15-36/h2-26,28-31H,27,51-52H2,1H3/b12-2-,44-31+. The summed E-state index contributed by atoms with van der Waals surface area (Å²) in [5.74, 6) is 0. The molecule has 9 aromatic rings. The van der Waals surface area contributed by atoms with Crippen molar-refractivity contribution in [1.29, 1.82) is 0 Å². The van der Waals surface area contributed by atoms with Gasteiger partial charge in [-0.05, 0) is 107 Å². The normalized spacial score (nSPS) is 13.8. The average molecular weight is 695 g/mol. The Hall–Kier alpha value is -7.04. The first kappa shape index (κ1) is 31.7. The number of para-hydroxylation sites is 3. The topological polar surface area (TPSA) is 61.9 Å². The molecular formula is C50H38N4. The van der Waals surface area contributed by atoms with Gasteiger partial charge in [-0.3, -0.25) is 0 Å². The van der Waals surface area contributed by atoms with Gasteiger partial charge in [0.1, 0.15) is 0 Å². The third-order valence-electron chi connectivity index (χ3n) is 11.1. The van der Waals surface area contributed by atoms with Gasteiger partial charge in [0.05, 0.1) is 22.1 Å². The average Bonchev–Trinajstić information content (AvgIpc) is 3.83. The second-order valence-corrected chi connectivity index (χ2v) is 14.1. The van der Waals surface area contributed by atoms with E-state index in [1.807, 2.05) is 13.0 Å². The van der Waals surface area contributed by atoms with Crippen molar-refractivity contribution in [3.05, 3.63) is 204 Å². The zero-order valence-corrected chi connectivity index (χ0v) is 30.0. The number of benzene rings is 7. The lowest BCUT2D eigenvalue weighted by atomic mass is 9.93. The molecular weight excluding hydrogens is 657 g/mol. The van der Waals surface area contributed by atoms with Crippen molar-refractivity contribution >= 4 is 54.8 Å². The molecule has 0 amide bonds. The second-order valence-electron chi connectivity index (χ2n) is 14.1. The van der Waals surface area contributed by atoms with Crippen LogP contribution in [0.4, 0.5) is 0 Å². The van der Waals surface area contributed by atoms with Gasteiger partial charge in [-0.25, -0.2) is 0 Å². The predicted octanol–water partition coefficient (Wildman–Crippen LogP) is 11.7. The fourth-order valence-corrected chi connectivity index (χ4v) is 8.67. The maximum Gasteiger partial charge on any atom is 0.0543 e. The minimum absolute atomic E-state index is 0.731. The molecule has 10 rings (SSSR count). The molecule has 54 heavy (non-hydrogen) atoms. The molecule has 0 radical (unpaired) electrons. The number of nitrogens with two attached hydrogens (primary N) is 2. The van der Waals surface area contributed by atoms with Gasteiger partial charge in [0.2, 0.25) is 0 Å². The Bertz CT molecular complexity index is 3030. The van der Waals surface area contributed by atoms with Gasteiger partial charge in [-0.1, -0.05) is 109 Å². The van der Waals surface area contributed by atoms with Crippen LogP contribution >= 0.6 is 0 Å². The van der Waals surface area contributed by atoms with Crippen molar-refractivity contribution in [2.45, 2.75) is 13.3 Å². The molecule has 4 N–H and O–H groups in total. The quantitative estimate of drug-likeness (QED) is 0.182. The SMILES string of the molecule is C/C=C\C1=C(N)C(=C/N)/c2c(Cc3ccc4c5cc(-c6ccc7c(c6)c6ccccc6n7-c6ccccc6)ccc5n(-c5ccccc5)c4c3)cccc21. The van der Waals surface area contributed by atoms with E-state index in [0.29, 0.717) is 0 Å². The first-order valence-electron chi connectivity index (χ1n) is 18.5. The highest BCUT2D eigenvalue weighted by atomic mass is 15.0. The Balaban J connectivity index is 1.12. The number of allylic oxidation sites excluding steroid dienone is 4. The fraction of sp³-hybridized carbons (Fsp3) is 0.0400. The van der Waals surface area contributed by atoms with Crippen molar-refractivity contribution in [1.82, 2.24) is 9.13 Å². The third kappa shape index (κ3) is 4.84. The Kier molecular flexibility index (Phi) is 7.38. The summed E-state index contributed by atoms with van der Waals surface area (Å²) >= 11 is 0. The van der Waals surface area contributed by atoms with Crippen LogP contribution in [0.25, 0.3) is 77.3 Å². The second kappa shape index (κ2) is 12.6. The maximum atomic E-state index is 6.64. The lowest BCUT2D eigenvalue weighted by molar-refractivity contribution is 1.15. The lowest BCUT2D eigenvalue weighted by Gasteiger charge is -2.12. The zero-order chi connectivity index (χ0) is 36.3. The highest BCUT2D eigenvalue weighted by molar-refractivity contribution is 6.13. The summed E-state index contributed by atoms with van der Waals surface area (Å²) in [6.45, 7) is 2.02. The van der Waals surface area contributed by atoms with Crippen molar-refractivity contribution in [3.8, 4) is 22.5 Å². The summed E-state index contributed by atoms with van der Waals surface area (Å²) in [6.07, 6.45) is 6.52. The van der Waals surface area contributed by atoms with E-state index in [1.54, 1.807) is 6.20 Å². The van der Waals surface area contributed by atoms with E-state index in [-0.39, 0.29) is 0 Å². The molecule has 0 saturated heterocycles. The van der Waals surface area contributed by atoms with Gasteiger partial charge in [0, 0.05) is 56.0 Å². The highest BCUT2D eigenvalue weighted by Crippen LogP contribution is 2.43. The first-order chi connectivity index (χ1) is 26.6. The summed E-state index contributed by atoms with van der Waals surface area (Å²) in [5, 5.41) is 4.95. The van der Waals surface area contributed by atoms with Gasteiger partial charge in [0.25, 0.3) is 0 Å². The minimum atomic E-state index is 0.731. The molecule has 0 fully saturated rings. The van der Waals surface area contributed by atoms with Gasteiger partial charge in [0.15, 0.2) is 0 Å². The van der Waals surface area contributed by atoms with Crippen molar-refractivity contribution in [3.63, 3.8) is 0 Å². The molecule has 0 saturated carbocycles. The van der Waals surface area contributed by atoms with Gasteiger partial charge in [-0.2, -0.15) is 0 Å². The van der Waals surface area contributed by atoms with Crippen LogP contribution in [0, 0.1) is 0 Å². The lowest BCUT2D eigenvalue weighted by Crippen LogP contribution is -2.02. The number of nitrogens with zero attached hydrogens (tertiary/aromatic N) is 2. The number of fused-ring (bicyclic) bond motifs is 7. The molecule has 4 heteroatoms. The monoisotopic (exact) mass is 694 g/mol. The predicted molar refractivity (Wildman–Crippen MR) is 228 cm³/mol. The van der Waals surface area contributed by atoms with Crippen molar-refractivity contribution in [2.24, 2.45) is 11.5 Å². The molecule has 0 bridgehead atoms. The fourth-order valence-electron chi connectivity index (χ4n) is 8.67. The van der Waals surface area contributed by atoms with Gasteiger partial charge in [-0.15, -0.1) is 0 Å². The summed E-state index contributed by atoms with van der Waals surface area (Å²) in [7, 11) is 0. The molecule has 1 aliphatic rings. The van der Waals surface area contributed by atoms with Crippen molar-refractivity contribution in [2.75, 3.05) is 0 Å². The van der Waals surface area contributed by atoms with Crippen LogP contribution in [-0.4, -0.2) is 9.13 Å². The van der Waals surface area contributed by atoms with Crippen LogP contribution < -0.4 is 11.5 Å². The number of hydrogen-bond acceptors (Lipinski definition) is 2. The summed E-state index contributed by atoms with van der Waals surface area (Å²) in [4.78, 5) is 0. The molecule has 0 aliphatic heterocycles. The number of aromatic nitrogens is 2. The molecule has 2 aromatic heterocycles. The zero-order valence-electron chi connectivity index (χ0n) is 30.0. The van der Waals surface area contributed by atoms with Crippen LogP contribution in [0.15, 0.2) is 182 Å². The van der Waals surface area contributed by atoms with E-state index in [9.17, 15) is 0 Å². The summed E-state index contributed by atoms with van der Waals surface area (Å²) in [5.41, 5.74) is 29.7. The summed E-state index contributed by atoms with van der Waals surface area (Å²) in [6, 6.07) is 57.2. The Morgan fingerprint density at radius 2 is 1.13 bits per heavy atom. The van der Waals surface area contributed by atoms with Crippen LogP contribution in [0.3, 0.4) is 0 Å². The Labute approximate surface area is 314 Å². The van der Waals surface area contributed by atoms with Crippen LogP contribution in [0.1, 0.15) is 29.2 Å². The van der Waals surface area contributed by atoms with E-state index in [0.717, 1.165) is 45.8 Å². The summed E-state index contributed by atoms with van der Waals surface area (Å²) < 4.78 is 4.77.